The molecule has 2 saturated heterocycles. The van der Waals surface area contributed by atoms with Crippen molar-refractivity contribution < 1.29 is 28.5 Å². The monoisotopic (exact) mass is 591 g/mol. The Balaban J connectivity index is 1.23. The van der Waals surface area contributed by atoms with E-state index in [0.29, 0.717) is 78.4 Å². The van der Waals surface area contributed by atoms with Gasteiger partial charge in [-0.15, -0.1) is 0 Å². The molecule has 0 radical (unpaired) electrons. The van der Waals surface area contributed by atoms with E-state index < -0.39 is 0 Å². The lowest BCUT2D eigenvalue weighted by Crippen LogP contribution is -2.41. The van der Waals surface area contributed by atoms with Crippen LogP contribution >= 0.6 is 0 Å². The average Bonchev–Trinajstić information content (AvgIpc) is 3.76. The highest BCUT2D eigenvalue weighted by molar-refractivity contribution is 6.16. The summed E-state index contributed by atoms with van der Waals surface area (Å²) in [7, 11) is 0. The third-order valence-electron chi connectivity index (χ3n) is 9.14. The molecule has 1 aromatic heterocycles. The summed E-state index contributed by atoms with van der Waals surface area (Å²) in [6, 6.07) is 6.45. The van der Waals surface area contributed by atoms with Crippen molar-refractivity contribution in [3.63, 3.8) is 0 Å². The van der Waals surface area contributed by atoms with Gasteiger partial charge in [-0.2, -0.15) is 9.97 Å². The van der Waals surface area contributed by atoms with Crippen molar-refractivity contribution in [2.45, 2.75) is 39.2 Å². The molecule has 10 nitrogen and oxygen atoms in total. The first-order chi connectivity index (χ1) is 20.9. The first-order valence-corrected chi connectivity index (χ1v) is 15.4. The molecule has 0 unspecified atom stereocenters. The molecule has 7 rings (SSSR count). The Bertz CT molecular complexity index is 1530. The molecule has 228 valence electrons. The average molecular weight is 592 g/mol. The molecule has 3 fully saturated rings. The molecule has 0 atom stereocenters. The maximum absolute atomic E-state index is 14.9. The van der Waals surface area contributed by atoms with Gasteiger partial charge in [0.2, 0.25) is 0 Å². The number of aromatic hydroxyl groups is 1. The van der Waals surface area contributed by atoms with Crippen LogP contribution < -0.4 is 14.5 Å². The topological polar surface area (TPSA) is 100 Å². The predicted octanol–water partition coefficient (Wildman–Crippen LogP) is 3.92. The summed E-state index contributed by atoms with van der Waals surface area (Å²) in [5.74, 6) is -0.0545. The van der Waals surface area contributed by atoms with Gasteiger partial charge < -0.3 is 29.1 Å². The van der Waals surface area contributed by atoms with Gasteiger partial charge in [0.15, 0.2) is 0 Å². The summed E-state index contributed by atoms with van der Waals surface area (Å²) in [5, 5.41) is 11.9. The van der Waals surface area contributed by atoms with Gasteiger partial charge in [0, 0.05) is 56.2 Å². The van der Waals surface area contributed by atoms with Gasteiger partial charge in [-0.25, -0.2) is 4.39 Å². The number of rotatable bonds is 8. The molecule has 1 aliphatic carbocycles. The zero-order valence-corrected chi connectivity index (χ0v) is 24.6. The van der Waals surface area contributed by atoms with Gasteiger partial charge in [0.1, 0.15) is 22.9 Å². The van der Waals surface area contributed by atoms with Crippen LogP contribution in [0.15, 0.2) is 24.3 Å². The molecule has 43 heavy (non-hydrogen) atoms. The second-order valence-corrected chi connectivity index (χ2v) is 12.1. The number of amides is 1. The number of halogens is 1. The Hall–Kier alpha value is -3.54. The minimum atomic E-state index is -0.335. The third-order valence-corrected chi connectivity index (χ3v) is 9.14. The zero-order valence-electron chi connectivity index (χ0n) is 24.6. The smallest absolute Gasteiger partial charge is 0.318 e. The molecule has 1 amide bonds. The maximum atomic E-state index is 14.9. The van der Waals surface area contributed by atoms with Crippen molar-refractivity contribution in [2.24, 2.45) is 5.41 Å². The summed E-state index contributed by atoms with van der Waals surface area (Å²) in [6.45, 7) is 9.39. The summed E-state index contributed by atoms with van der Waals surface area (Å²) in [5.41, 5.74) is 2.05. The van der Waals surface area contributed by atoms with Crippen LogP contribution in [0.25, 0.3) is 10.8 Å². The number of phenolic OH excluding ortho intramolecular Hbond substituents is 1. The van der Waals surface area contributed by atoms with Gasteiger partial charge >= 0.3 is 6.01 Å². The van der Waals surface area contributed by atoms with Gasteiger partial charge in [-0.05, 0) is 48.8 Å². The minimum Gasteiger partial charge on any atom is -0.508 e. The molecular formula is C32H38FN5O5. The van der Waals surface area contributed by atoms with Crippen molar-refractivity contribution in [3.8, 4) is 11.8 Å². The molecule has 4 heterocycles. The van der Waals surface area contributed by atoms with E-state index in [0.717, 1.165) is 52.1 Å². The number of hydrogen-bond donors (Lipinski definition) is 1. The zero-order chi connectivity index (χ0) is 29.6. The number of morpholine rings is 1. The molecule has 4 aliphatic rings. The van der Waals surface area contributed by atoms with E-state index in [1.807, 2.05) is 6.92 Å². The normalized spacial score (nSPS) is 20.4. The van der Waals surface area contributed by atoms with Crippen LogP contribution in [0.3, 0.4) is 0 Å². The number of hydrogen-bond acceptors (Lipinski definition) is 9. The van der Waals surface area contributed by atoms with Crippen molar-refractivity contribution in [1.82, 2.24) is 14.9 Å². The fourth-order valence-corrected chi connectivity index (χ4v) is 6.62. The third kappa shape index (κ3) is 5.49. The van der Waals surface area contributed by atoms with Crippen LogP contribution in [0.1, 0.15) is 47.8 Å². The fourth-order valence-electron chi connectivity index (χ4n) is 6.62. The van der Waals surface area contributed by atoms with E-state index in [4.69, 9.17) is 24.2 Å². The minimum absolute atomic E-state index is 0.00918. The van der Waals surface area contributed by atoms with E-state index in [2.05, 4.69) is 9.80 Å². The number of benzene rings is 2. The summed E-state index contributed by atoms with van der Waals surface area (Å²) in [6.07, 6.45) is 3.45. The Morgan fingerprint density at radius 2 is 1.84 bits per heavy atom. The number of nitrogens with zero attached hydrogens (tertiary/aromatic N) is 5. The number of carbonyl (C=O) groups is 1. The van der Waals surface area contributed by atoms with E-state index in [1.54, 1.807) is 17.0 Å². The van der Waals surface area contributed by atoms with Gasteiger partial charge in [0.05, 0.1) is 44.4 Å². The second kappa shape index (κ2) is 11.5. The summed E-state index contributed by atoms with van der Waals surface area (Å²) in [4.78, 5) is 29.9. The second-order valence-electron chi connectivity index (χ2n) is 12.1. The molecule has 0 bridgehead atoms. The SMILES string of the molecule is CCc1c(F)ccc2cc(O)cc(N3Cc4nc(OCC5(CN6CCOCC6)CC5)nc(N5CCCOCC5)c4C3=O)c12. The lowest BCUT2D eigenvalue weighted by atomic mass is 9.99. The Labute approximate surface area is 250 Å². The van der Waals surface area contributed by atoms with Gasteiger partial charge in [-0.1, -0.05) is 13.0 Å². The van der Waals surface area contributed by atoms with Crippen molar-refractivity contribution >= 4 is 28.2 Å². The number of phenols is 1. The van der Waals surface area contributed by atoms with E-state index >= 15 is 0 Å². The van der Waals surface area contributed by atoms with Crippen LogP contribution in [0, 0.1) is 11.2 Å². The Morgan fingerprint density at radius 1 is 1.05 bits per heavy atom. The first-order valence-electron chi connectivity index (χ1n) is 15.4. The standard InChI is InChI=1S/C32H38FN5O5/c1-2-23-24(33)5-4-21-16-22(39)17-26(27(21)23)38-18-25-28(30(38)40)29(37-8-3-12-41-15-11-37)35-31(34-25)43-20-32(6-7-32)19-36-9-13-42-14-10-36/h4-5,16-17,39H,2-3,6-15,18-20H2,1H3. The van der Waals surface area contributed by atoms with Crippen molar-refractivity contribution in [3.05, 3.63) is 46.9 Å². The van der Waals surface area contributed by atoms with E-state index in [9.17, 15) is 14.3 Å². The highest BCUT2D eigenvalue weighted by atomic mass is 19.1. The van der Waals surface area contributed by atoms with Crippen molar-refractivity contribution in [2.75, 3.05) is 75.6 Å². The number of fused-ring (bicyclic) bond motifs is 2. The molecule has 1 saturated carbocycles. The lowest BCUT2D eigenvalue weighted by Gasteiger charge is -2.30. The molecule has 3 aliphatic heterocycles. The van der Waals surface area contributed by atoms with Crippen LogP contribution in [0.5, 0.6) is 11.8 Å². The molecule has 11 heteroatoms. The molecule has 1 N–H and O–H groups in total. The molecular weight excluding hydrogens is 553 g/mol. The highest BCUT2D eigenvalue weighted by Gasteiger charge is 2.45. The highest BCUT2D eigenvalue weighted by Crippen LogP contribution is 2.47. The van der Waals surface area contributed by atoms with Crippen LogP contribution in [-0.2, 0) is 22.4 Å². The van der Waals surface area contributed by atoms with E-state index in [-0.39, 0.29) is 35.4 Å². The van der Waals surface area contributed by atoms with Crippen LogP contribution in [0.2, 0.25) is 0 Å². The number of carbonyl (C=O) groups excluding carboxylic acids is 1. The van der Waals surface area contributed by atoms with E-state index in [1.165, 1.54) is 12.1 Å². The quantitative estimate of drug-likeness (QED) is 0.418. The predicted molar refractivity (Wildman–Crippen MR) is 160 cm³/mol. The van der Waals surface area contributed by atoms with Gasteiger partial charge in [0.25, 0.3) is 5.91 Å². The largest absolute Gasteiger partial charge is 0.508 e. The molecule has 3 aromatic rings. The van der Waals surface area contributed by atoms with Crippen LogP contribution in [-0.4, -0.2) is 91.6 Å². The molecule has 0 spiro atoms. The lowest BCUT2D eigenvalue weighted by molar-refractivity contribution is 0.0231. The Morgan fingerprint density at radius 3 is 2.63 bits per heavy atom. The van der Waals surface area contributed by atoms with Gasteiger partial charge in [-0.3, -0.25) is 9.69 Å². The Kier molecular flexibility index (Phi) is 7.56. The number of aromatic nitrogens is 2. The molecule has 2 aromatic carbocycles. The number of anilines is 2. The van der Waals surface area contributed by atoms with Crippen molar-refractivity contribution in [1.29, 1.82) is 0 Å². The maximum Gasteiger partial charge on any atom is 0.318 e. The fraction of sp³-hybridized carbons (Fsp3) is 0.531. The summed E-state index contributed by atoms with van der Waals surface area (Å²) >= 11 is 0. The van der Waals surface area contributed by atoms with Crippen LogP contribution in [0.4, 0.5) is 15.9 Å². The summed E-state index contributed by atoms with van der Waals surface area (Å²) < 4.78 is 32.5. The first kappa shape index (κ1) is 28.2. The number of ether oxygens (including phenoxy) is 3. The number of aryl methyl sites for hydroxylation is 1.